The van der Waals surface area contributed by atoms with Gasteiger partial charge in [-0.25, -0.2) is 9.37 Å². The van der Waals surface area contributed by atoms with Crippen LogP contribution in [0.25, 0.3) is 33.7 Å². The third-order valence-electron chi connectivity index (χ3n) is 7.76. The van der Waals surface area contributed by atoms with Gasteiger partial charge >= 0.3 is 0 Å². The van der Waals surface area contributed by atoms with Crippen molar-refractivity contribution in [2.45, 2.75) is 45.0 Å². The third-order valence-corrected chi connectivity index (χ3v) is 7.76. The van der Waals surface area contributed by atoms with E-state index in [0.717, 1.165) is 16.8 Å². The largest absolute Gasteiger partial charge is 0.388 e. The molecule has 11 nitrogen and oxygen atoms in total. The Morgan fingerprint density at radius 1 is 1.07 bits per heavy atom. The number of aliphatic hydroxyl groups is 1. The van der Waals surface area contributed by atoms with Gasteiger partial charge in [-0.3, -0.25) is 18.9 Å². The number of hydrogen-bond donors (Lipinski definition) is 2. The summed E-state index contributed by atoms with van der Waals surface area (Å²) in [6.07, 6.45) is 2.34. The van der Waals surface area contributed by atoms with E-state index in [2.05, 4.69) is 25.1 Å². The smallest absolute Gasteiger partial charge is 0.281 e. The molecule has 4 heterocycles. The second kappa shape index (κ2) is 12.9. The lowest BCUT2D eigenvalue weighted by Gasteiger charge is -2.38. The summed E-state index contributed by atoms with van der Waals surface area (Å²) in [5.74, 6) is 0.422. The predicted octanol–water partition coefficient (Wildman–Crippen LogP) is 3.62. The molecule has 5 aromatic rings. The van der Waals surface area contributed by atoms with Crippen LogP contribution in [-0.4, -0.2) is 58.2 Å². The number of aryl methyl sites for hydroxylation is 2. The van der Waals surface area contributed by atoms with Gasteiger partial charge in [0.25, 0.3) is 5.56 Å². The van der Waals surface area contributed by atoms with Gasteiger partial charge in [-0.05, 0) is 24.5 Å². The summed E-state index contributed by atoms with van der Waals surface area (Å²) in [6.45, 7) is 3.75. The van der Waals surface area contributed by atoms with Crippen molar-refractivity contribution < 1.29 is 14.0 Å². The Labute approximate surface area is 259 Å². The van der Waals surface area contributed by atoms with Crippen molar-refractivity contribution in [1.29, 1.82) is 0 Å². The molecule has 1 aliphatic rings. The Balaban J connectivity index is 0.00000212. The van der Waals surface area contributed by atoms with E-state index >= 15 is 0 Å². The predicted molar refractivity (Wildman–Crippen MR) is 164 cm³/mol. The van der Waals surface area contributed by atoms with Crippen LogP contribution in [0, 0.1) is 12.7 Å². The summed E-state index contributed by atoms with van der Waals surface area (Å²) in [4.78, 5) is 24.2. The van der Waals surface area contributed by atoms with Gasteiger partial charge in [-0.2, -0.15) is 10.1 Å². The molecule has 14 heteroatoms. The molecule has 2 aromatic carbocycles. The zero-order valence-electron chi connectivity index (χ0n) is 23.7. The highest BCUT2D eigenvalue weighted by Gasteiger charge is 2.34. The topological polar surface area (TPSA) is 141 Å². The van der Waals surface area contributed by atoms with Gasteiger partial charge in [0.05, 0.1) is 24.2 Å². The highest BCUT2D eigenvalue weighted by atomic mass is 35.5. The SMILES string of the molecule is Cc1nc(-c2ccc(CN3CCC(O)(Cn4cnc5c(-c6ccc(CN)cc6)n(C)nc5c4=O)CC3)c(F)c2)no1.Cl.Cl. The number of aromatic nitrogens is 6. The van der Waals surface area contributed by atoms with Gasteiger partial charge in [0.15, 0.2) is 5.52 Å². The number of nitrogens with two attached hydrogens (primary N) is 1. The second-order valence-electron chi connectivity index (χ2n) is 10.7. The van der Waals surface area contributed by atoms with Gasteiger partial charge in [-0.1, -0.05) is 41.6 Å². The minimum Gasteiger partial charge on any atom is -0.388 e. The molecular formula is C29H33Cl2FN8O3. The molecule has 0 aliphatic carbocycles. The Morgan fingerprint density at radius 2 is 1.77 bits per heavy atom. The van der Waals surface area contributed by atoms with E-state index in [0.29, 0.717) is 67.4 Å². The first-order valence-electron chi connectivity index (χ1n) is 13.5. The van der Waals surface area contributed by atoms with Crippen molar-refractivity contribution in [3.8, 4) is 22.6 Å². The molecule has 43 heavy (non-hydrogen) atoms. The van der Waals surface area contributed by atoms with Crippen LogP contribution in [0.4, 0.5) is 4.39 Å². The van der Waals surface area contributed by atoms with Crippen LogP contribution in [0.15, 0.2) is 58.1 Å². The standard InChI is InChI=1S/C29H31FN8O3.2ClH/c1-18-33-27(35-41-18)21-7-8-22(23(30)13-21)15-37-11-9-29(40,10-12-37)16-38-17-32-24-25(28(38)39)34-36(2)26(24)20-5-3-19(14-31)4-6-20;;/h3-8,13,17,40H,9-12,14-16,31H2,1-2H3;2*1H. The minimum absolute atomic E-state index is 0. The van der Waals surface area contributed by atoms with E-state index in [-0.39, 0.29) is 48.3 Å². The van der Waals surface area contributed by atoms with Gasteiger partial charge in [0.2, 0.25) is 11.7 Å². The molecule has 1 saturated heterocycles. The molecule has 3 aromatic heterocycles. The van der Waals surface area contributed by atoms with Crippen molar-refractivity contribution in [1.82, 2.24) is 34.4 Å². The maximum atomic E-state index is 14.9. The summed E-state index contributed by atoms with van der Waals surface area (Å²) in [6, 6.07) is 12.7. The van der Waals surface area contributed by atoms with Crippen molar-refractivity contribution in [2.24, 2.45) is 12.8 Å². The molecule has 228 valence electrons. The Kier molecular flexibility index (Phi) is 9.67. The monoisotopic (exact) mass is 630 g/mol. The molecule has 1 aliphatic heterocycles. The first kappa shape index (κ1) is 32.2. The Hall–Kier alpha value is -3.68. The fraction of sp³-hybridized carbons (Fsp3) is 0.345. The number of hydrogen-bond acceptors (Lipinski definition) is 9. The average Bonchev–Trinajstić information content (AvgIpc) is 3.55. The molecule has 1 fully saturated rings. The second-order valence-corrected chi connectivity index (χ2v) is 10.7. The van der Waals surface area contributed by atoms with Crippen LogP contribution < -0.4 is 11.3 Å². The number of fused-ring (bicyclic) bond motifs is 1. The summed E-state index contributed by atoms with van der Waals surface area (Å²) in [7, 11) is 1.78. The number of piperidine rings is 1. The maximum absolute atomic E-state index is 14.9. The molecule has 0 saturated carbocycles. The molecule has 3 N–H and O–H groups in total. The quantitative estimate of drug-likeness (QED) is 0.276. The molecule has 0 radical (unpaired) electrons. The number of rotatable bonds is 7. The van der Waals surface area contributed by atoms with E-state index in [1.54, 1.807) is 30.8 Å². The first-order valence-corrected chi connectivity index (χ1v) is 13.5. The molecule has 6 rings (SSSR count). The summed E-state index contributed by atoms with van der Waals surface area (Å²) in [5.41, 5.74) is 8.83. The normalized spacial score (nSPS) is 14.8. The van der Waals surface area contributed by atoms with Gasteiger partial charge in [-0.15, -0.1) is 24.8 Å². The Morgan fingerprint density at radius 3 is 2.40 bits per heavy atom. The van der Waals surface area contributed by atoms with E-state index in [4.69, 9.17) is 10.3 Å². The summed E-state index contributed by atoms with van der Waals surface area (Å²) < 4.78 is 22.9. The minimum atomic E-state index is -1.09. The van der Waals surface area contributed by atoms with Crippen LogP contribution in [0.2, 0.25) is 0 Å². The van der Waals surface area contributed by atoms with Gasteiger partial charge < -0.3 is 15.4 Å². The van der Waals surface area contributed by atoms with E-state index in [1.807, 2.05) is 24.3 Å². The lowest BCUT2D eigenvalue weighted by atomic mass is 9.91. The van der Waals surface area contributed by atoms with Crippen LogP contribution in [0.1, 0.15) is 29.9 Å². The molecule has 0 bridgehead atoms. The highest BCUT2D eigenvalue weighted by Crippen LogP contribution is 2.28. The van der Waals surface area contributed by atoms with Gasteiger partial charge in [0.1, 0.15) is 11.3 Å². The lowest BCUT2D eigenvalue weighted by Crippen LogP contribution is -2.47. The van der Waals surface area contributed by atoms with Gasteiger partial charge in [0, 0.05) is 56.8 Å². The molecule has 0 unspecified atom stereocenters. The van der Waals surface area contributed by atoms with E-state index in [9.17, 15) is 14.3 Å². The molecule has 0 atom stereocenters. The number of nitrogens with zero attached hydrogens (tertiary/aromatic N) is 7. The van der Waals surface area contributed by atoms with Crippen LogP contribution in [0.3, 0.4) is 0 Å². The average molecular weight is 632 g/mol. The van der Waals surface area contributed by atoms with Crippen LogP contribution in [-0.2, 0) is 26.7 Å². The fourth-order valence-corrected chi connectivity index (χ4v) is 5.40. The van der Waals surface area contributed by atoms with Crippen molar-refractivity contribution in [3.05, 3.63) is 82.0 Å². The van der Waals surface area contributed by atoms with Crippen LogP contribution >= 0.6 is 24.8 Å². The van der Waals surface area contributed by atoms with Crippen molar-refractivity contribution >= 4 is 35.8 Å². The summed E-state index contributed by atoms with van der Waals surface area (Å²) >= 11 is 0. The van der Waals surface area contributed by atoms with E-state index in [1.165, 1.54) is 17.0 Å². The van der Waals surface area contributed by atoms with E-state index < -0.39 is 5.60 Å². The molecular weight excluding hydrogens is 598 g/mol. The molecule has 0 spiro atoms. The zero-order chi connectivity index (χ0) is 28.7. The third kappa shape index (κ3) is 6.48. The van der Waals surface area contributed by atoms with Crippen molar-refractivity contribution in [2.75, 3.05) is 13.1 Å². The number of benzene rings is 2. The number of halogens is 3. The Bertz CT molecular complexity index is 1780. The first-order chi connectivity index (χ1) is 19.7. The fourth-order valence-electron chi connectivity index (χ4n) is 5.40. The highest BCUT2D eigenvalue weighted by molar-refractivity contribution is 5.89. The lowest BCUT2D eigenvalue weighted by molar-refractivity contribution is -0.0366. The molecule has 0 amide bonds. The maximum Gasteiger partial charge on any atom is 0.281 e. The van der Waals surface area contributed by atoms with Crippen LogP contribution in [0.5, 0.6) is 0 Å². The van der Waals surface area contributed by atoms with Crippen molar-refractivity contribution in [3.63, 3.8) is 0 Å². The summed E-state index contributed by atoms with van der Waals surface area (Å²) in [5, 5.41) is 19.7. The zero-order valence-corrected chi connectivity index (χ0v) is 25.4. The number of likely N-dealkylation sites (tertiary alicyclic amines) is 1.